The molecule has 1 aromatic heterocycles. The summed E-state index contributed by atoms with van der Waals surface area (Å²) in [5.74, 6) is 4.31. The number of carbonyl (C=O) groups excluding carboxylic acids is 3. The lowest BCUT2D eigenvalue weighted by molar-refractivity contribution is -0.116. The topological polar surface area (TPSA) is 82.3 Å². The number of benzene rings is 2. The van der Waals surface area contributed by atoms with Gasteiger partial charge in [0.25, 0.3) is 17.6 Å². The van der Waals surface area contributed by atoms with Gasteiger partial charge in [0.2, 0.25) is 0 Å². The molecule has 2 amide bonds. The molecule has 0 aliphatic carbocycles. The quantitative estimate of drug-likeness (QED) is 0.418. The van der Waals surface area contributed by atoms with Crippen LogP contribution in [0.25, 0.3) is 10.9 Å². The lowest BCUT2D eigenvalue weighted by Gasteiger charge is -2.09. The van der Waals surface area contributed by atoms with Crippen molar-refractivity contribution >= 4 is 28.5 Å². The van der Waals surface area contributed by atoms with Gasteiger partial charge < -0.3 is 15.2 Å². The molecular formula is C22H19N3O3. The van der Waals surface area contributed by atoms with E-state index >= 15 is 0 Å². The van der Waals surface area contributed by atoms with Crippen molar-refractivity contribution in [1.29, 1.82) is 0 Å². The molecule has 1 heterocycles. The number of ketones is 1. The summed E-state index contributed by atoms with van der Waals surface area (Å²) in [5, 5.41) is 3.22. The second-order valence-corrected chi connectivity index (χ2v) is 6.34. The van der Waals surface area contributed by atoms with Crippen LogP contribution in [0.2, 0.25) is 0 Å². The first kappa shape index (κ1) is 18.9. The normalized spacial score (nSPS) is 10.1. The number of amides is 2. The molecule has 28 heavy (non-hydrogen) atoms. The Bertz CT molecular complexity index is 1100. The zero-order valence-corrected chi connectivity index (χ0v) is 15.6. The van der Waals surface area contributed by atoms with E-state index in [-0.39, 0.29) is 12.5 Å². The first-order valence-electron chi connectivity index (χ1n) is 8.66. The Morgan fingerprint density at radius 2 is 1.75 bits per heavy atom. The van der Waals surface area contributed by atoms with E-state index in [9.17, 15) is 14.4 Å². The van der Waals surface area contributed by atoms with E-state index in [1.807, 2.05) is 18.2 Å². The molecule has 0 aliphatic heterocycles. The van der Waals surface area contributed by atoms with Crippen molar-refractivity contribution in [2.75, 3.05) is 20.6 Å². The first-order chi connectivity index (χ1) is 13.5. The number of carbonyl (C=O) groups is 3. The van der Waals surface area contributed by atoms with E-state index in [0.717, 1.165) is 5.52 Å². The van der Waals surface area contributed by atoms with Crippen LogP contribution in [0.5, 0.6) is 0 Å². The Balaban J connectivity index is 1.59. The number of para-hydroxylation sites is 1. The van der Waals surface area contributed by atoms with Crippen molar-refractivity contribution in [3.05, 3.63) is 71.4 Å². The molecule has 140 valence electrons. The number of fused-ring (bicyclic) bond motifs is 1. The molecule has 0 aliphatic rings. The number of hydrogen-bond donors (Lipinski definition) is 2. The summed E-state index contributed by atoms with van der Waals surface area (Å²) in [6, 6.07) is 14.2. The summed E-state index contributed by atoms with van der Waals surface area (Å²) in [6.07, 6.45) is 1.54. The molecule has 0 unspecified atom stereocenters. The monoisotopic (exact) mass is 373 g/mol. The predicted molar refractivity (Wildman–Crippen MR) is 107 cm³/mol. The Labute approximate surface area is 162 Å². The number of aromatic amines is 1. The third kappa shape index (κ3) is 4.10. The maximum absolute atomic E-state index is 12.3. The average molecular weight is 373 g/mol. The van der Waals surface area contributed by atoms with E-state index in [1.165, 1.54) is 11.1 Å². The molecule has 3 rings (SSSR count). The molecule has 0 saturated heterocycles. The highest BCUT2D eigenvalue weighted by atomic mass is 16.2. The number of Topliss-reactive ketones (excluding diaryl/α,β-unsaturated/α-hetero) is 1. The van der Waals surface area contributed by atoms with Crippen LogP contribution in [0.3, 0.4) is 0 Å². The lowest BCUT2D eigenvalue weighted by Crippen LogP contribution is -2.31. The van der Waals surface area contributed by atoms with Crippen LogP contribution in [0.15, 0.2) is 54.7 Å². The minimum Gasteiger partial charge on any atom is -0.360 e. The predicted octanol–water partition coefficient (Wildman–Crippen LogP) is 2.22. The third-order valence-corrected chi connectivity index (χ3v) is 4.15. The summed E-state index contributed by atoms with van der Waals surface area (Å²) in [6.45, 7) is 0.0469. The minimum atomic E-state index is -0.703. The number of hydrogen-bond acceptors (Lipinski definition) is 3. The van der Waals surface area contributed by atoms with E-state index < -0.39 is 11.7 Å². The SMILES string of the molecule is CN(C)C(=O)c1ccc(C#CCNC(=O)C(=O)c2c[nH]c3ccccc23)cc1. The highest BCUT2D eigenvalue weighted by molar-refractivity contribution is 6.45. The Morgan fingerprint density at radius 3 is 2.46 bits per heavy atom. The molecule has 6 nitrogen and oxygen atoms in total. The standard InChI is InChI=1S/C22H19N3O3/c1-25(2)22(28)16-11-9-15(10-12-16)6-5-13-23-21(27)20(26)18-14-24-19-8-4-3-7-17(18)19/h3-4,7-12,14,24H,13H2,1-2H3,(H,23,27). The van der Waals surface area contributed by atoms with Crippen molar-refractivity contribution in [2.45, 2.75) is 0 Å². The molecule has 0 fully saturated rings. The van der Waals surface area contributed by atoms with E-state index in [2.05, 4.69) is 22.1 Å². The maximum atomic E-state index is 12.3. The zero-order valence-electron chi connectivity index (χ0n) is 15.6. The van der Waals surface area contributed by atoms with E-state index in [0.29, 0.717) is 22.1 Å². The first-order valence-corrected chi connectivity index (χ1v) is 8.66. The number of aromatic nitrogens is 1. The van der Waals surface area contributed by atoms with Gasteiger partial charge in [0.1, 0.15) is 0 Å². The fourth-order valence-corrected chi connectivity index (χ4v) is 2.69. The molecule has 0 saturated carbocycles. The summed E-state index contributed by atoms with van der Waals surface area (Å²) >= 11 is 0. The van der Waals surface area contributed by atoms with Gasteiger partial charge in [-0.05, 0) is 30.3 Å². The number of nitrogens with one attached hydrogen (secondary N) is 2. The second kappa shape index (κ2) is 8.23. The van der Waals surface area contributed by atoms with Crippen molar-refractivity contribution in [1.82, 2.24) is 15.2 Å². The summed E-state index contributed by atoms with van der Waals surface area (Å²) in [5.41, 5.74) is 2.43. The van der Waals surface area contributed by atoms with E-state index in [4.69, 9.17) is 0 Å². The van der Waals surface area contributed by atoms with Crippen LogP contribution in [0.4, 0.5) is 0 Å². The molecule has 0 radical (unpaired) electrons. The zero-order chi connectivity index (χ0) is 20.1. The highest BCUT2D eigenvalue weighted by Gasteiger charge is 2.18. The van der Waals surface area contributed by atoms with Gasteiger partial charge in [-0.15, -0.1) is 0 Å². The summed E-state index contributed by atoms with van der Waals surface area (Å²) < 4.78 is 0. The lowest BCUT2D eigenvalue weighted by atomic mass is 10.1. The number of H-pyrrole nitrogens is 1. The summed E-state index contributed by atoms with van der Waals surface area (Å²) in [7, 11) is 3.38. The molecule has 2 N–H and O–H groups in total. The van der Waals surface area contributed by atoms with Crippen molar-refractivity contribution in [3.8, 4) is 11.8 Å². The van der Waals surface area contributed by atoms with Gasteiger partial charge >= 0.3 is 0 Å². The van der Waals surface area contributed by atoms with Gasteiger partial charge in [0.15, 0.2) is 0 Å². The van der Waals surface area contributed by atoms with Gasteiger partial charge in [-0.2, -0.15) is 0 Å². The largest absolute Gasteiger partial charge is 0.360 e. The second-order valence-electron chi connectivity index (χ2n) is 6.34. The van der Waals surface area contributed by atoms with Crippen LogP contribution in [-0.2, 0) is 4.79 Å². The minimum absolute atomic E-state index is 0.0469. The highest BCUT2D eigenvalue weighted by Crippen LogP contribution is 2.18. The number of nitrogens with zero attached hydrogens (tertiary/aromatic N) is 1. The van der Waals surface area contributed by atoms with Crippen molar-refractivity contribution < 1.29 is 14.4 Å². The van der Waals surface area contributed by atoms with Crippen LogP contribution < -0.4 is 5.32 Å². The van der Waals surface area contributed by atoms with Crippen LogP contribution in [0, 0.1) is 11.8 Å². The molecule has 3 aromatic rings. The van der Waals surface area contributed by atoms with Gasteiger partial charge in [-0.1, -0.05) is 30.0 Å². The molecule has 0 atom stereocenters. The fraction of sp³-hybridized carbons (Fsp3) is 0.136. The smallest absolute Gasteiger partial charge is 0.293 e. The van der Waals surface area contributed by atoms with Gasteiger partial charge in [0.05, 0.1) is 12.1 Å². The van der Waals surface area contributed by atoms with Crippen molar-refractivity contribution in [3.63, 3.8) is 0 Å². The van der Waals surface area contributed by atoms with Gasteiger partial charge in [0, 0.05) is 42.3 Å². The Hall–Kier alpha value is -3.85. The third-order valence-electron chi connectivity index (χ3n) is 4.15. The Morgan fingerprint density at radius 1 is 1.04 bits per heavy atom. The van der Waals surface area contributed by atoms with Crippen LogP contribution >= 0.6 is 0 Å². The van der Waals surface area contributed by atoms with E-state index in [1.54, 1.807) is 44.4 Å². The maximum Gasteiger partial charge on any atom is 0.293 e. The summed E-state index contributed by atoms with van der Waals surface area (Å²) in [4.78, 5) is 40.7. The van der Waals surface area contributed by atoms with Crippen LogP contribution in [-0.4, -0.2) is 48.1 Å². The molecule has 2 aromatic carbocycles. The Kier molecular flexibility index (Phi) is 5.56. The van der Waals surface area contributed by atoms with Crippen molar-refractivity contribution in [2.24, 2.45) is 0 Å². The van der Waals surface area contributed by atoms with Crippen LogP contribution in [0.1, 0.15) is 26.3 Å². The molecular weight excluding hydrogens is 354 g/mol. The molecule has 6 heteroatoms. The molecule has 0 bridgehead atoms. The number of rotatable bonds is 4. The molecule has 0 spiro atoms. The van der Waals surface area contributed by atoms with Gasteiger partial charge in [-0.25, -0.2) is 0 Å². The fourth-order valence-electron chi connectivity index (χ4n) is 2.69. The average Bonchev–Trinajstić information content (AvgIpc) is 3.14. The van der Waals surface area contributed by atoms with Gasteiger partial charge in [-0.3, -0.25) is 14.4 Å².